The number of amides is 1. The molecule has 1 unspecified atom stereocenters. The molecule has 9 heteroatoms. The zero-order chi connectivity index (χ0) is 23.6. The summed E-state index contributed by atoms with van der Waals surface area (Å²) < 4.78 is 39.0. The Balaban J connectivity index is 1.86. The van der Waals surface area contributed by atoms with Gasteiger partial charge in [0.15, 0.2) is 0 Å². The molecule has 4 rings (SSSR count). The second-order valence-corrected chi connectivity index (χ2v) is 10.1. The van der Waals surface area contributed by atoms with Crippen molar-refractivity contribution in [1.82, 2.24) is 9.29 Å². The van der Waals surface area contributed by atoms with Crippen LogP contribution in [0.15, 0.2) is 42.5 Å². The molecule has 8 nitrogen and oxygen atoms in total. The normalized spacial score (nSPS) is 15.9. The van der Waals surface area contributed by atoms with Gasteiger partial charge in [0.1, 0.15) is 18.1 Å². The maximum absolute atomic E-state index is 12.4. The minimum absolute atomic E-state index is 0.129. The van der Waals surface area contributed by atoms with Gasteiger partial charge in [-0.2, -0.15) is 0 Å². The first-order valence-corrected chi connectivity index (χ1v) is 12.8. The van der Waals surface area contributed by atoms with E-state index in [0.29, 0.717) is 24.5 Å². The number of methoxy groups -OCH3 is 1. The van der Waals surface area contributed by atoms with Gasteiger partial charge in [0.25, 0.3) is 0 Å². The first-order valence-electron chi connectivity index (χ1n) is 10.9. The largest absolute Gasteiger partial charge is 0.497 e. The van der Waals surface area contributed by atoms with Gasteiger partial charge in [-0.3, -0.25) is 4.79 Å². The van der Waals surface area contributed by atoms with E-state index in [1.807, 2.05) is 24.3 Å². The van der Waals surface area contributed by atoms with Crippen molar-refractivity contribution in [1.29, 1.82) is 0 Å². The predicted molar refractivity (Wildman–Crippen MR) is 127 cm³/mol. The van der Waals surface area contributed by atoms with Crippen LogP contribution >= 0.6 is 0 Å². The van der Waals surface area contributed by atoms with Crippen LogP contribution in [0.1, 0.15) is 35.6 Å². The van der Waals surface area contributed by atoms with Gasteiger partial charge < -0.3 is 19.8 Å². The summed E-state index contributed by atoms with van der Waals surface area (Å²) in [6.07, 6.45) is 3.50. The molecule has 0 radical (unpaired) electrons. The fraction of sp³-hybridized carbons (Fsp3) is 0.375. The molecular weight excluding hydrogens is 442 g/mol. The molecule has 0 fully saturated rings. The number of sulfonamides is 1. The number of carbonyl (C=O) groups is 1. The lowest BCUT2D eigenvalue weighted by atomic mass is 9.84. The molecule has 1 aliphatic rings. The average Bonchev–Trinajstić information content (AvgIpc) is 3.10. The summed E-state index contributed by atoms with van der Waals surface area (Å²) in [5, 5.41) is 0.838. The van der Waals surface area contributed by atoms with E-state index < -0.39 is 15.9 Å². The summed E-state index contributed by atoms with van der Waals surface area (Å²) >= 11 is 0. The Morgan fingerprint density at radius 1 is 1.24 bits per heavy atom. The highest BCUT2D eigenvalue weighted by molar-refractivity contribution is 7.88. The van der Waals surface area contributed by atoms with Crippen molar-refractivity contribution >= 4 is 26.8 Å². The number of primary amides is 1. The number of hydrogen-bond acceptors (Lipinski definition) is 5. The van der Waals surface area contributed by atoms with E-state index in [9.17, 15) is 13.2 Å². The van der Waals surface area contributed by atoms with Crippen molar-refractivity contribution < 1.29 is 22.7 Å². The lowest BCUT2D eigenvalue weighted by Crippen LogP contribution is -2.27. The highest BCUT2D eigenvalue weighted by Gasteiger charge is 2.32. The van der Waals surface area contributed by atoms with E-state index in [2.05, 4.69) is 21.4 Å². The zero-order valence-electron chi connectivity index (χ0n) is 18.8. The van der Waals surface area contributed by atoms with E-state index in [1.54, 1.807) is 13.2 Å². The molecule has 176 valence electrons. The summed E-state index contributed by atoms with van der Waals surface area (Å²) in [5.74, 6) is 0.414. The van der Waals surface area contributed by atoms with E-state index in [4.69, 9.17) is 15.2 Å². The second-order valence-electron chi connectivity index (χ2n) is 8.31. The monoisotopic (exact) mass is 471 g/mol. The fourth-order valence-electron chi connectivity index (χ4n) is 4.61. The van der Waals surface area contributed by atoms with E-state index in [0.717, 1.165) is 46.8 Å². The Morgan fingerprint density at radius 3 is 2.67 bits per heavy atom. The molecule has 1 aliphatic carbocycles. The van der Waals surface area contributed by atoms with Crippen LogP contribution in [0.25, 0.3) is 10.9 Å². The van der Waals surface area contributed by atoms with Crippen molar-refractivity contribution in [3.8, 4) is 11.5 Å². The molecular formula is C24H29N3O5S. The van der Waals surface area contributed by atoms with E-state index in [-0.39, 0.29) is 19.1 Å². The van der Waals surface area contributed by atoms with Crippen LogP contribution in [-0.4, -0.2) is 45.4 Å². The number of benzene rings is 2. The molecule has 2 aromatic carbocycles. The van der Waals surface area contributed by atoms with Crippen LogP contribution in [0.4, 0.5) is 0 Å². The van der Waals surface area contributed by atoms with Crippen LogP contribution in [-0.2, 0) is 27.8 Å². The van der Waals surface area contributed by atoms with Crippen molar-refractivity contribution in [2.75, 3.05) is 26.5 Å². The SMILES string of the molecule is COc1cc(OCCNS(C)(=O)=O)c2c3c(n(Cc4ccccc4)c2c1)CCCC3C(N)=O. The Labute approximate surface area is 193 Å². The summed E-state index contributed by atoms with van der Waals surface area (Å²) in [5.41, 5.74) is 9.86. The molecule has 1 atom stereocenters. The minimum Gasteiger partial charge on any atom is -0.497 e. The summed E-state index contributed by atoms with van der Waals surface area (Å²) in [7, 11) is -1.73. The second kappa shape index (κ2) is 9.44. The Hall–Kier alpha value is -3.04. The number of rotatable bonds is 9. The van der Waals surface area contributed by atoms with Crippen LogP contribution in [0.3, 0.4) is 0 Å². The third-order valence-corrected chi connectivity index (χ3v) is 6.72. The summed E-state index contributed by atoms with van der Waals surface area (Å²) in [6, 6.07) is 13.9. The highest BCUT2D eigenvalue weighted by atomic mass is 32.2. The van der Waals surface area contributed by atoms with Gasteiger partial charge in [-0.25, -0.2) is 13.1 Å². The first kappa shape index (κ1) is 23.1. The molecule has 0 spiro atoms. The Morgan fingerprint density at radius 2 is 2.00 bits per heavy atom. The average molecular weight is 472 g/mol. The summed E-state index contributed by atoms with van der Waals surface area (Å²) in [4.78, 5) is 12.4. The van der Waals surface area contributed by atoms with Gasteiger partial charge >= 0.3 is 0 Å². The third kappa shape index (κ3) is 4.99. The van der Waals surface area contributed by atoms with Crippen molar-refractivity contribution in [3.63, 3.8) is 0 Å². The van der Waals surface area contributed by atoms with E-state index in [1.165, 1.54) is 0 Å². The number of hydrogen-bond donors (Lipinski definition) is 2. The Kier molecular flexibility index (Phi) is 6.62. The first-order chi connectivity index (χ1) is 15.8. The molecule has 0 bridgehead atoms. The van der Waals surface area contributed by atoms with Gasteiger partial charge in [0.2, 0.25) is 15.9 Å². The lowest BCUT2D eigenvalue weighted by Gasteiger charge is -2.22. The highest BCUT2D eigenvalue weighted by Crippen LogP contribution is 2.45. The minimum atomic E-state index is -3.32. The fourth-order valence-corrected chi connectivity index (χ4v) is 5.06. The van der Waals surface area contributed by atoms with Crippen LogP contribution < -0.4 is 19.9 Å². The molecule has 1 aromatic heterocycles. The molecule has 1 heterocycles. The number of carbonyl (C=O) groups excluding carboxylic acids is 1. The topological polar surface area (TPSA) is 113 Å². The van der Waals surface area contributed by atoms with Gasteiger partial charge in [0, 0.05) is 36.3 Å². The maximum Gasteiger partial charge on any atom is 0.225 e. The maximum atomic E-state index is 12.4. The standard InChI is InChI=1S/C24H29N3O5S/c1-31-17-13-20-23(21(14-17)32-12-11-26-33(2,29)30)22-18(24(25)28)9-6-10-19(22)27(20)15-16-7-4-3-5-8-16/h3-5,7-8,13-14,18,26H,6,9-12,15H2,1-2H3,(H2,25,28). The zero-order valence-corrected chi connectivity index (χ0v) is 19.7. The summed E-state index contributed by atoms with van der Waals surface area (Å²) in [6.45, 7) is 0.902. The lowest BCUT2D eigenvalue weighted by molar-refractivity contribution is -0.119. The molecule has 0 saturated carbocycles. The van der Waals surface area contributed by atoms with Crippen LogP contribution in [0.2, 0.25) is 0 Å². The van der Waals surface area contributed by atoms with Gasteiger partial charge in [0.05, 0.1) is 24.8 Å². The van der Waals surface area contributed by atoms with Gasteiger partial charge in [-0.15, -0.1) is 0 Å². The van der Waals surface area contributed by atoms with Crippen LogP contribution in [0, 0.1) is 0 Å². The molecule has 3 N–H and O–H groups in total. The third-order valence-electron chi connectivity index (χ3n) is 5.99. The molecule has 3 aromatic rings. The number of nitrogens with two attached hydrogens (primary N) is 1. The smallest absolute Gasteiger partial charge is 0.225 e. The quantitative estimate of drug-likeness (QED) is 0.466. The van der Waals surface area contributed by atoms with Gasteiger partial charge in [-0.05, 0) is 30.4 Å². The number of nitrogens with zero attached hydrogens (tertiary/aromatic N) is 1. The molecule has 33 heavy (non-hydrogen) atoms. The van der Waals surface area contributed by atoms with Crippen molar-refractivity contribution in [2.45, 2.75) is 31.7 Å². The number of ether oxygens (including phenoxy) is 2. The number of nitrogens with one attached hydrogen (secondary N) is 1. The number of aromatic nitrogens is 1. The molecule has 0 saturated heterocycles. The molecule has 0 aliphatic heterocycles. The predicted octanol–water partition coefficient (Wildman–Crippen LogP) is 2.53. The molecule has 1 amide bonds. The van der Waals surface area contributed by atoms with Crippen LogP contribution in [0.5, 0.6) is 11.5 Å². The number of fused-ring (bicyclic) bond motifs is 3. The van der Waals surface area contributed by atoms with Crippen molar-refractivity contribution in [2.24, 2.45) is 5.73 Å². The Bertz CT molecular complexity index is 1270. The van der Waals surface area contributed by atoms with E-state index >= 15 is 0 Å². The van der Waals surface area contributed by atoms with Gasteiger partial charge in [-0.1, -0.05) is 30.3 Å². The van der Waals surface area contributed by atoms with Crippen molar-refractivity contribution in [3.05, 3.63) is 59.3 Å².